The molecule has 0 aliphatic carbocycles. The van der Waals surface area contributed by atoms with Crippen molar-refractivity contribution in [1.29, 1.82) is 0 Å². The molecule has 1 aromatic rings. The van der Waals surface area contributed by atoms with Gasteiger partial charge in [-0.25, -0.2) is 4.98 Å². The Morgan fingerprint density at radius 1 is 1.61 bits per heavy atom. The van der Waals surface area contributed by atoms with Crippen LogP contribution in [-0.4, -0.2) is 45.5 Å². The first-order valence-electron chi connectivity index (χ1n) is 6.72. The Balaban J connectivity index is 1.96. The smallest absolute Gasteiger partial charge is 0.240 e. The summed E-state index contributed by atoms with van der Waals surface area (Å²) in [6, 6.07) is 0.224. The second-order valence-corrected chi connectivity index (χ2v) is 4.89. The zero-order valence-electron chi connectivity index (χ0n) is 11.2. The summed E-state index contributed by atoms with van der Waals surface area (Å²) in [7, 11) is 0. The number of likely N-dealkylation sites (N-methyl/N-ethyl adjacent to an activating group) is 1. The molecule has 2 unspecified atom stereocenters. The van der Waals surface area contributed by atoms with Crippen LogP contribution in [0, 0.1) is 0 Å². The van der Waals surface area contributed by atoms with E-state index in [0.717, 1.165) is 32.5 Å². The Labute approximate surface area is 108 Å². The quantitative estimate of drug-likeness (QED) is 0.843. The molecular formula is C13H22N4O. The van der Waals surface area contributed by atoms with Crippen molar-refractivity contribution in [2.75, 3.05) is 13.1 Å². The van der Waals surface area contributed by atoms with Crippen molar-refractivity contribution in [3.63, 3.8) is 0 Å². The Morgan fingerprint density at radius 2 is 2.44 bits per heavy atom. The zero-order chi connectivity index (χ0) is 13.0. The molecule has 2 heterocycles. The van der Waals surface area contributed by atoms with Gasteiger partial charge in [0.15, 0.2) is 0 Å². The van der Waals surface area contributed by atoms with Crippen LogP contribution in [0.25, 0.3) is 0 Å². The number of hydrogen-bond acceptors (Lipinski definition) is 3. The number of rotatable bonds is 5. The number of likely N-dealkylation sites (tertiary alicyclic amines) is 1. The lowest BCUT2D eigenvalue weighted by Gasteiger charge is -2.36. The fourth-order valence-corrected chi connectivity index (χ4v) is 2.57. The Hall–Kier alpha value is -1.36. The lowest BCUT2D eigenvalue weighted by Crippen LogP contribution is -2.54. The third-order valence-corrected chi connectivity index (χ3v) is 3.49. The van der Waals surface area contributed by atoms with Gasteiger partial charge in [-0.15, -0.1) is 0 Å². The molecule has 0 saturated carbocycles. The van der Waals surface area contributed by atoms with E-state index in [1.165, 1.54) is 0 Å². The van der Waals surface area contributed by atoms with Gasteiger partial charge in [0.05, 0.1) is 12.4 Å². The van der Waals surface area contributed by atoms with Gasteiger partial charge in [0.1, 0.15) is 0 Å². The molecule has 1 saturated heterocycles. The Bertz CT molecular complexity index is 374. The number of carbonyl (C=O) groups excluding carboxylic acids is 1. The minimum Gasteiger partial charge on any atom is -0.337 e. The molecule has 1 fully saturated rings. The largest absolute Gasteiger partial charge is 0.337 e. The molecule has 0 spiro atoms. The fourth-order valence-electron chi connectivity index (χ4n) is 2.57. The van der Waals surface area contributed by atoms with E-state index in [4.69, 9.17) is 0 Å². The summed E-state index contributed by atoms with van der Waals surface area (Å²) in [5, 5.41) is 3.27. The van der Waals surface area contributed by atoms with Crippen molar-refractivity contribution in [3.05, 3.63) is 18.7 Å². The monoisotopic (exact) mass is 250 g/mol. The number of imidazole rings is 1. The van der Waals surface area contributed by atoms with E-state index >= 15 is 0 Å². The summed E-state index contributed by atoms with van der Waals surface area (Å²) < 4.78 is 2.02. The molecule has 1 aliphatic heterocycles. The van der Waals surface area contributed by atoms with Crippen molar-refractivity contribution < 1.29 is 4.79 Å². The molecule has 0 bridgehead atoms. The van der Waals surface area contributed by atoms with Crippen LogP contribution in [0.2, 0.25) is 0 Å². The fraction of sp³-hybridized carbons (Fsp3) is 0.692. The minimum absolute atomic E-state index is 0.00832. The van der Waals surface area contributed by atoms with Gasteiger partial charge in [0.25, 0.3) is 0 Å². The van der Waals surface area contributed by atoms with Crippen molar-refractivity contribution >= 4 is 5.91 Å². The number of hydrogen-bond donors (Lipinski definition) is 1. The van der Waals surface area contributed by atoms with Crippen LogP contribution in [0.3, 0.4) is 0 Å². The van der Waals surface area contributed by atoms with Crippen LogP contribution in [0.15, 0.2) is 18.7 Å². The number of nitrogens with one attached hydrogen (secondary N) is 1. The van der Waals surface area contributed by atoms with E-state index in [-0.39, 0.29) is 18.0 Å². The molecule has 1 N–H and O–H groups in total. The summed E-state index contributed by atoms with van der Waals surface area (Å²) in [6.45, 7) is 6.68. The SMILES string of the molecule is CCNC1CCCN(C(C)Cn2ccnc2)C1=O. The Morgan fingerprint density at radius 3 is 3.11 bits per heavy atom. The number of aromatic nitrogens is 2. The molecular weight excluding hydrogens is 228 g/mol. The first kappa shape index (κ1) is 13.1. The maximum atomic E-state index is 12.3. The lowest BCUT2D eigenvalue weighted by atomic mass is 10.0. The molecule has 0 radical (unpaired) electrons. The molecule has 1 aliphatic rings. The summed E-state index contributed by atoms with van der Waals surface area (Å²) >= 11 is 0. The average Bonchev–Trinajstić information content (AvgIpc) is 2.85. The molecule has 1 amide bonds. The third kappa shape index (κ3) is 2.90. The predicted molar refractivity (Wildman–Crippen MR) is 70.1 cm³/mol. The van der Waals surface area contributed by atoms with E-state index < -0.39 is 0 Å². The van der Waals surface area contributed by atoms with Gasteiger partial charge in [-0.1, -0.05) is 6.92 Å². The van der Waals surface area contributed by atoms with E-state index in [9.17, 15) is 4.79 Å². The van der Waals surface area contributed by atoms with Gasteiger partial charge in [-0.05, 0) is 26.3 Å². The van der Waals surface area contributed by atoms with Crippen LogP contribution < -0.4 is 5.32 Å². The zero-order valence-corrected chi connectivity index (χ0v) is 11.2. The highest BCUT2D eigenvalue weighted by Gasteiger charge is 2.30. The molecule has 1 aromatic heterocycles. The first-order valence-corrected chi connectivity index (χ1v) is 6.72. The second-order valence-electron chi connectivity index (χ2n) is 4.89. The molecule has 2 atom stereocenters. The van der Waals surface area contributed by atoms with Gasteiger partial charge >= 0.3 is 0 Å². The van der Waals surface area contributed by atoms with Crippen LogP contribution in [0.4, 0.5) is 0 Å². The number of amides is 1. The van der Waals surface area contributed by atoms with Gasteiger partial charge < -0.3 is 14.8 Å². The maximum Gasteiger partial charge on any atom is 0.240 e. The van der Waals surface area contributed by atoms with E-state index in [2.05, 4.69) is 17.2 Å². The highest BCUT2D eigenvalue weighted by atomic mass is 16.2. The number of piperidine rings is 1. The summed E-state index contributed by atoms with van der Waals surface area (Å²) in [5.74, 6) is 0.246. The Kier molecular flexibility index (Phi) is 4.36. The molecule has 2 rings (SSSR count). The molecule has 5 nitrogen and oxygen atoms in total. The van der Waals surface area contributed by atoms with Crippen molar-refractivity contribution in [2.45, 2.75) is 45.3 Å². The number of carbonyl (C=O) groups is 1. The average molecular weight is 250 g/mol. The second kappa shape index (κ2) is 6.00. The van der Waals surface area contributed by atoms with Crippen LogP contribution in [0.5, 0.6) is 0 Å². The number of nitrogens with zero attached hydrogens (tertiary/aromatic N) is 3. The van der Waals surface area contributed by atoms with E-state index in [0.29, 0.717) is 0 Å². The summed E-state index contributed by atoms with van der Waals surface area (Å²) in [4.78, 5) is 18.4. The van der Waals surface area contributed by atoms with Gasteiger partial charge in [-0.2, -0.15) is 0 Å². The highest BCUT2D eigenvalue weighted by molar-refractivity contribution is 5.82. The topological polar surface area (TPSA) is 50.2 Å². The van der Waals surface area contributed by atoms with Crippen molar-refractivity contribution in [1.82, 2.24) is 19.8 Å². The first-order chi connectivity index (χ1) is 8.72. The highest BCUT2D eigenvalue weighted by Crippen LogP contribution is 2.15. The molecule has 18 heavy (non-hydrogen) atoms. The van der Waals surface area contributed by atoms with Gasteiger partial charge in [0, 0.05) is 31.5 Å². The van der Waals surface area contributed by atoms with Gasteiger partial charge in [-0.3, -0.25) is 4.79 Å². The summed E-state index contributed by atoms with van der Waals surface area (Å²) in [5.41, 5.74) is 0. The lowest BCUT2D eigenvalue weighted by molar-refractivity contribution is -0.138. The molecule has 100 valence electrons. The van der Waals surface area contributed by atoms with Crippen LogP contribution in [-0.2, 0) is 11.3 Å². The minimum atomic E-state index is 0.00832. The van der Waals surface area contributed by atoms with Gasteiger partial charge in [0.2, 0.25) is 5.91 Å². The molecule has 5 heteroatoms. The van der Waals surface area contributed by atoms with Crippen molar-refractivity contribution in [2.24, 2.45) is 0 Å². The summed E-state index contributed by atoms with van der Waals surface area (Å²) in [6.07, 6.45) is 7.55. The normalized spacial score (nSPS) is 22.2. The standard InChI is InChI=1S/C13H22N4O/c1-3-15-12-5-4-7-17(13(12)18)11(2)9-16-8-6-14-10-16/h6,8,10-12,15H,3-5,7,9H2,1-2H3. The van der Waals surface area contributed by atoms with Crippen LogP contribution in [0.1, 0.15) is 26.7 Å². The molecule has 0 aromatic carbocycles. The van der Waals surface area contributed by atoms with E-state index in [1.807, 2.05) is 22.6 Å². The van der Waals surface area contributed by atoms with Crippen molar-refractivity contribution in [3.8, 4) is 0 Å². The van der Waals surface area contributed by atoms with E-state index in [1.54, 1.807) is 12.5 Å². The predicted octanol–water partition coefficient (Wildman–Crippen LogP) is 0.872. The van der Waals surface area contributed by atoms with Crippen LogP contribution >= 0.6 is 0 Å². The third-order valence-electron chi connectivity index (χ3n) is 3.49. The maximum absolute atomic E-state index is 12.3.